The van der Waals surface area contributed by atoms with Crippen molar-refractivity contribution in [3.05, 3.63) is 141 Å². The molecular formula is C46H53Cl3N10O5S2. The van der Waals surface area contributed by atoms with Crippen LogP contribution in [0.1, 0.15) is 35.1 Å². The van der Waals surface area contributed by atoms with Gasteiger partial charge >= 0.3 is 0 Å². The average molecular weight is 996 g/mol. The lowest BCUT2D eigenvalue weighted by molar-refractivity contribution is 0.405. The van der Waals surface area contributed by atoms with Gasteiger partial charge in [0.15, 0.2) is 5.75 Å². The van der Waals surface area contributed by atoms with Crippen molar-refractivity contribution in [2.24, 2.45) is 11.5 Å². The van der Waals surface area contributed by atoms with Crippen molar-refractivity contribution in [1.82, 2.24) is 28.5 Å². The van der Waals surface area contributed by atoms with Crippen LogP contribution in [0, 0.1) is 0 Å². The second-order valence-corrected chi connectivity index (χ2v) is 20.7. The van der Waals surface area contributed by atoms with E-state index in [4.69, 9.17) is 61.0 Å². The van der Waals surface area contributed by atoms with Gasteiger partial charge in [-0.2, -0.15) is 8.61 Å². The minimum atomic E-state index is -3.54. The van der Waals surface area contributed by atoms with E-state index in [1.165, 1.54) is 21.1 Å². The number of benzene rings is 4. The summed E-state index contributed by atoms with van der Waals surface area (Å²) in [6, 6.07) is 27.7. The molecule has 0 amide bonds. The molecule has 6 rings (SSSR count). The largest absolute Gasteiger partial charge is 0.454 e. The number of nitrogens with two attached hydrogens (primary N) is 2. The molecule has 6 aromatic rings. The molecule has 0 aliphatic heterocycles. The minimum Gasteiger partial charge on any atom is -0.454 e. The first kappa shape index (κ1) is 50.5. The molecule has 350 valence electrons. The van der Waals surface area contributed by atoms with Crippen LogP contribution in [-0.4, -0.2) is 97.2 Å². The van der Waals surface area contributed by atoms with Crippen molar-refractivity contribution in [3.8, 4) is 34.0 Å². The first-order valence-electron chi connectivity index (χ1n) is 21.2. The van der Waals surface area contributed by atoms with E-state index >= 15 is 0 Å². The predicted octanol–water partition coefficient (Wildman–Crippen LogP) is 7.88. The third kappa shape index (κ3) is 14.8. The number of nitrogens with one attached hydrogen (secondary N) is 2. The zero-order valence-electron chi connectivity index (χ0n) is 36.6. The fourth-order valence-electron chi connectivity index (χ4n) is 6.95. The smallest absolute Gasteiger partial charge is 0.223 e. The Morgan fingerprint density at radius 3 is 1.76 bits per heavy atom. The molecule has 0 bridgehead atoms. The molecule has 20 heteroatoms. The fraction of sp³-hybridized carbons (Fsp3) is 0.304. The highest BCUT2D eigenvalue weighted by atomic mass is 35.5. The molecule has 15 nitrogen and oxygen atoms in total. The van der Waals surface area contributed by atoms with E-state index in [9.17, 15) is 16.8 Å². The number of hydrogen-bond donors (Lipinski definition) is 4. The molecule has 0 saturated heterocycles. The van der Waals surface area contributed by atoms with Crippen LogP contribution in [0.4, 0.5) is 11.9 Å². The van der Waals surface area contributed by atoms with E-state index in [1.54, 1.807) is 48.8 Å². The van der Waals surface area contributed by atoms with Gasteiger partial charge in [-0.25, -0.2) is 36.8 Å². The maximum absolute atomic E-state index is 12.7. The Balaban J connectivity index is 1.17. The molecule has 2 aromatic heterocycles. The first-order valence-corrected chi connectivity index (χ1v) is 26.0. The summed E-state index contributed by atoms with van der Waals surface area (Å²) in [6.45, 7) is 2.68. The van der Waals surface area contributed by atoms with Gasteiger partial charge in [0, 0.05) is 67.8 Å². The maximum atomic E-state index is 12.7. The number of aromatic nitrogens is 4. The number of sulfonamides is 2. The fourth-order valence-corrected chi connectivity index (χ4v) is 9.46. The number of ether oxygens (including phenoxy) is 1. The maximum Gasteiger partial charge on any atom is 0.223 e. The minimum absolute atomic E-state index is 0.108. The topological polar surface area (TPSA) is 212 Å². The number of rotatable bonds is 24. The lowest BCUT2D eigenvalue weighted by atomic mass is 10.1. The monoisotopic (exact) mass is 994 g/mol. The van der Waals surface area contributed by atoms with Gasteiger partial charge in [-0.05, 0) is 116 Å². The Bertz CT molecular complexity index is 2800. The normalized spacial score (nSPS) is 11.9. The van der Waals surface area contributed by atoms with Crippen molar-refractivity contribution in [1.29, 1.82) is 0 Å². The van der Waals surface area contributed by atoms with Crippen LogP contribution in [0.2, 0.25) is 15.1 Å². The van der Waals surface area contributed by atoms with Crippen LogP contribution >= 0.6 is 34.8 Å². The van der Waals surface area contributed by atoms with E-state index < -0.39 is 20.0 Å². The van der Waals surface area contributed by atoms with Crippen molar-refractivity contribution in [2.75, 3.05) is 62.4 Å². The SMILES string of the molecule is CS(=O)(=O)N(CCCN)Cc1cccc(-c2ccnc(NCCc3cc(Cl)c(Oc4ccc(CN(CCCN)S(C)(=O)=O)cc4-c4ccnc(NCCc5cccc(Cl)c5)n4)c(Cl)c3)n2)c1. The Kier molecular flexibility index (Phi) is 18.1. The summed E-state index contributed by atoms with van der Waals surface area (Å²) in [5.74, 6) is 1.42. The number of hydrogen-bond acceptors (Lipinski definition) is 13. The summed E-state index contributed by atoms with van der Waals surface area (Å²) in [7, 11) is -6.96. The average Bonchev–Trinajstić information content (AvgIpc) is 3.27. The Morgan fingerprint density at radius 2 is 1.17 bits per heavy atom. The van der Waals surface area contributed by atoms with Crippen LogP contribution in [0.3, 0.4) is 0 Å². The summed E-state index contributed by atoms with van der Waals surface area (Å²) in [5.41, 5.74) is 17.3. The standard InChI is InChI=1S/C46H53Cl3N10O5S2/c1-65(60,61)58(23-5-17-50)30-34-8-3-9-36(25-34)41-15-21-54-45(56-41)53-20-14-33-28-39(48)44(40(49)29-33)64-43-12-11-35(31-59(24-6-18-51)66(2,62)63)27-38(43)42-16-22-55-46(57-42)52-19-13-32-7-4-10-37(47)26-32/h3-4,7-12,15-16,21-22,25-29H,5-6,13-14,17-20,23-24,30-31,50-51H2,1-2H3,(H,52,55,57)(H,53,54,56). The molecule has 0 aliphatic rings. The van der Waals surface area contributed by atoms with Crippen molar-refractivity contribution in [3.63, 3.8) is 0 Å². The van der Waals surface area contributed by atoms with Crippen LogP contribution in [0.5, 0.6) is 11.5 Å². The number of nitrogens with zero attached hydrogens (tertiary/aromatic N) is 6. The molecule has 6 N–H and O–H groups in total. The van der Waals surface area contributed by atoms with Crippen LogP contribution < -0.4 is 26.8 Å². The second kappa shape index (κ2) is 23.7. The van der Waals surface area contributed by atoms with Crippen molar-refractivity contribution < 1.29 is 21.6 Å². The van der Waals surface area contributed by atoms with Gasteiger partial charge < -0.3 is 26.8 Å². The van der Waals surface area contributed by atoms with Gasteiger partial charge in [0.1, 0.15) is 5.75 Å². The van der Waals surface area contributed by atoms with E-state index in [2.05, 4.69) is 20.6 Å². The molecule has 0 spiro atoms. The molecule has 2 heterocycles. The molecule has 66 heavy (non-hydrogen) atoms. The predicted molar refractivity (Wildman–Crippen MR) is 265 cm³/mol. The zero-order valence-corrected chi connectivity index (χ0v) is 40.5. The van der Waals surface area contributed by atoms with Gasteiger partial charge in [0.2, 0.25) is 31.9 Å². The Hall–Kier alpha value is -4.95. The van der Waals surface area contributed by atoms with E-state index in [-0.39, 0.29) is 35.4 Å². The Morgan fingerprint density at radius 1 is 0.621 bits per heavy atom. The first-order chi connectivity index (χ1) is 31.6. The summed E-state index contributed by atoms with van der Waals surface area (Å²) < 4.78 is 59.5. The molecule has 0 saturated carbocycles. The highest BCUT2D eigenvalue weighted by Crippen LogP contribution is 2.41. The molecule has 0 aliphatic carbocycles. The van der Waals surface area contributed by atoms with E-state index in [1.807, 2.05) is 54.6 Å². The lowest BCUT2D eigenvalue weighted by Gasteiger charge is -2.21. The van der Waals surface area contributed by atoms with Gasteiger partial charge in [-0.3, -0.25) is 0 Å². The second-order valence-electron chi connectivity index (χ2n) is 15.5. The number of anilines is 2. The zero-order chi connectivity index (χ0) is 47.3. The molecule has 0 radical (unpaired) electrons. The summed E-state index contributed by atoms with van der Waals surface area (Å²) in [5, 5.41) is 7.76. The number of halogens is 3. The third-order valence-corrected chi connectivity index (χ3v) is 13.6. The van der Waals surface area contributed by atoms with E-state index in [0.717, 1.165) is 22.3 Å². The third-order valence-electron chi connectivity index (χ3n) is 10.3. The summed E-state index contributed by atoms with van der Waals surface area (Å²) >= 11 is 19.9. The van der Waals surface area contributed by atoms with Crippen molar-refractivity contribution >= 4 is 66.7 Å². The van der Waals surface area contributed by atoms with Gasteiger partial charge in [-0.1, -0.05) is 71.2 Å². The lowest BCUT2D eigenvalue weighted by Crippen LogP contribution is -2.31. The highest BCUT2D eigenvalue weighted by molar-refractivity contribution is 7.88. The van der Waals surface area contributed by atoms with Crippen molar-refractivity contribution in [2.45, 2.75) is 38.8 Å². The Labute approximate surface area is 402 Å². The van der Waals surface area contributed by atoms with Crippen LogP contribution in [-0.2, 0) is 46.0 Å². The van der Waals surface area contributed by atoms with Gasteiger partial charge in [0.25, 0.3) is 0 Å². The highest BCUT2D eigenvalue weighted by Gasteiger charge is 2.21. The van der Waals surface area contributed by atoms with Crippen LogP contribution in [0.25, 0.3) is 22.5 Å². The molecule has 0 fully saturated rings. The summed E-state index contributed by atoms with van der Waals surface area (Å²) in [4.78, 5) is 18.3. The molecule has 0 unspecified atom stereocenters. The molecule has 0 atom stereocenters. The quantitative estimate of drug-likeness (QED) is 0.0455. The van der Waals surface area contributed by atoms with Gasteiger partial charge in [-0.15, -0.1) is 0 Å². The molecule has 4 aromatic carbocycles. The summed E-state index contributed by atoms with van der Waals surface area (Å²) in [6.07, 6.45) is 7.94. The van der Waals surface area contributed by atoms with Crippen LogP contribution in [0.15, 0.2) is 103 Å². The van der Waals surface area contributed by atoms with E-state index in [0.29, 0.717) is 104 Å². The van der Waals surface area contributed by atoms with Gasteiger partial charge in [0.05, 0.1) is 33.9 Å². The molecular weight excluding hydrogens is 943 g/mol.